The number of amides is 1. The van der Waals surface area contributed by atoms with E-state index in [2.05, 4.69) is 0 Å². The van der Waals surface area contributed by atoms with Gasteiger partial charge in [0.1, 0.15) is 0 Å². The molecule has 3 rings (SSSR count). The molecule has 1 saturated carbocycles. The third-order valence-corrected chi connectivity index (χ3v) is 4.49. The van der Waals surface area contributed by atoms with E-state index in [1.54, 1.807) is 0 Å². The van der Waals surface area contributed by atoms with E-state index >= 15 is 0 Å². The van der Waals surface area contributed by atoms with Crippen molar-refractivity contribution < 1.29 is 9.90 Å². The number of benzene rings is 1. The van der Waals surface area contributed by atoms with Gasteiger partial charge in [-0.2, -0.15) is 0 Å². The molecule has 2 unspecified atom stereocenters. The Morgan fingerprint density at radius 2 is 2.32 bits per heavy atom. The Morgan fingerprint density at radius 1 is 1.47 bits per heavy atom. The summed E-state index contributed by atoms with van der Waals surface area (Å²) >= 11 is 5.99. The van der Waals surface area contributed by atoms with Gasteiger partial charge in [-0.1, -0.05) is 23.7 Å². The topological polar surface area (TPSA) is 40.5 Å². The van der Waals surface area contributed by atoms with Crippen LogP contribution in [-0.4, -0.2) is 35.1 Å². The maximum absolute atomic E-state index is 12.4. The Morgan fingerprint density at radius 3 is 3.05 bits per heavy atom. The van der Waals surface area contributed by atoms with E-state index in [0.29, 0.717) is 5.92 Å². The van der Waals surface area contributed by atoms with Crippen LogP contribution in [0.5, 0.6) is 0 Å². The van der Waals surface area contributed by atoms with Gasteiger partial charge in [-0.05, 0) is 42.9 Å². The maximum atomic E-state index is 12.4. The number of aliphatic hydroxyl groups is 1. The Bertz CT molecular complexity index is 491. The van der Waals surface area contributed by atoms with Crippen molar-refractivity contribution in [3.8, 4) is 0 Å². The minimum Gasteiger partial charge on any atom is -0.394 e. The molecule has 1 amide bonds. The monoisotopic (exact) mass is 279 g/mol. The molecule has 2 aliphatic rings. The summed E-state index contributed by atoms with van der Waals surface area (Å²) in [5.74, 6) is 0.610. The zero-order valence-electron chi connectivity index (χ0n) is 10.8. The van der Waals surface area contributed by atoms with Gasteiger partial charge in [-0.15, -0.1) is 0 Å². The SMILES string of the molecule is O=C(C1CC1c1cccc(Cl)c1)N1CCC[C@@H]1CO. The van der Waals surface area contributed by atoms with Crippen molar-refractivity contribution in [3.05, 3.63) is 34.9 Å². The molecule has 102 valence electrons. The van der Waals surface area contributed by atoms with Crippen LogP contribution in [0.4, 0.5) is 0 Å². The number of nitrogens with zero attached hydrogens (tertiary/aromatic N) is 1. The molecule has 0 bridgehead atoms. The molecule has 3 atom stereocenters. The van der Waals surface area contributed by atoms with Gasteiger partial charge < -0.3 is 10.0 Å². The van der Waals surface area contributed by atoms with Crippen molar-refractivity contribution in [2.24, 2.45) is 5.92 Å². The number of hydrogen-bond donors (Lipinski definition) is 1. The van der Waals surface area contributed by atoms with Crippen LogP contribution in [0.3, 0.4) is 0 Å². The smallest absolute Gasteiger partial charge is 0.226 e. The highest BCUT2D eigenvalue weighted by molar-refractivity contribution is 6.30. The van der Waals surface area contributed by atoms with Gasteiger partial charge in [0.2, 0.25) is 5.91 Å². The van der Waals surface area contributed by atoms with Crippen LogP contribution in [0.1, 0.15) is 30.7 Å². The number of carbonyl (C=O) groups is 1. The standard InChI is InChI=1S/C15H18ClNO2/c16-11-4-1-3-10(7-11)13-8-14(13)15(19)17-6-2-5-12(17)9-18/h1,3-4,7,12-14,18H,2,5-6,8-9H2/t12-,13?,14?/m1/s1. The predicted octanol–water partition coefficient (Wildman–Crippen LogP) is 2.43. The molecule has 19 heavy (non-hydrogen) atoms. The first kappa shape index (κ1) is 12.9. The highest BCUT2D eigenvalue weighted by atomic mass is 35.5. The number of aliphatic hydroxyl groups excluding tert-OH is 1. The van der Waals surface area contributed by atoms with Crippen LogP contribution in [0.25, 0.3) is 0 Å². The first-order valence-corrected chi connectivity index (χ1v) is 7.25. The lowest BCUT2D eigenvalue weighted by Gasteiger charge is -2.23. The van der Waals surface area contributed by atoms with Gasteiger partial charge in [0, 0.05) is 17.5 Å². The quantitative estimate of drug-likeness (QED) is 0.923. The average molecular weight is 280 g/mol. The lowest BCUT2D eigenvalue weighted by Crippen LogP contribution is -2.38. The molecule has 1 aliphatic carbocycles. The first-order valence-electron chi connectivity index (χ1n) is 6.87. The molecule has 3 nitrogen and oxygen atoms in total. The number of halogens is 1. The fraction of sp³-hybridized carbons (Fsp3) is 0.533. The summed E-state index contributed by atoms with van der Waals surface area (Å²) < 4.78 is 0. The van der Waals surface area contributed by atoms with E-state index < -0.39 is 0 Å². The van der Waals surface area contributed by atoms with Crippen LogP contribution < -0.4 is 0 Å². The average Bonchev–Trinajstić information content (AvgIpc) is 3.07. The molecule has 1 heterocycles. The molecule has 0 aromatic heterocycles. The zero-order chi connectivity index (χ0) is 13.4. The molecule has 1 aliphatic heterocycles. The number of carbonyl (C=O) groups excluding carboxylic acids is 1. The minimum atomic E-state index is 0.0353. The predicted molar refractivity (Wildman–Crippen MR) is 74.1 cm³/mol. The van der Waals surface area contributed by atoms with Gasteiger partial charge in [-0.3, -0.25) is 4.79 Å². The molecule has 2 fully saturated rings. The molecule has 1 aromatic carbocycles. The number of rotatable bonds is 3. The fourth-order valence-electron chi connectivity index (χ4n) is 3.10. The minimum absolute atomic E-state index is 0.0353. The van der Waals surface area contributed by atoms with Crippen molar-refractivity contribution in [1.82, 2.24) is 4.90 Å². The van der Waals surface area contributed by atoms with Crippen molar-refractivity contribution in [1.29, 1.82) is 0 Å². The van der Waals surface area contributed by atoms with Gasteiger partial charge in [0.15, 0.2) is 0 Å². The van der Waals surface area contributed by atoms with Crippen molar-refractivity contribution in [2.75, 3.05) is 13.2 Å². The second kappa shape index (κ2) is 5.14. The molecule has 0 radical (unpaired) electrons. The number of hydrogen-bond acceptors (Lipinski definition) is 2. The first-order chi connectivity index (χ1) is 9.20. The second-order valence-corrected chi connectivity index (χ2v) is 5.95. The van der Waals surface area contributed by atoms with Gasteiger partial charge in [-0.25, -0.2) is 0 Å². The van der Waals surface area contributed by atoms with Crippen LogP contribution >= 0.6 is 11.6 Å². The Kier molecular flexibility index (Phi) is 3.50. The summed E-state index contributed by atoms with van der Waals surface area (Å²) in [5, 5.41) is 10.0. The van der Waals surface area contributed by atoms with E-state index in [1.165, 1.54) is 0 Å². The largest absolute Gasteiger partial charge is 0.394 e. The van der Waals surface area contributed by atoms with Crippen molar-refractivity contribution in [3.63, 3.8) is 0 Å². The maximum Gasteiger partial charge on any atom is 0.226 e. The summed E-state index contributed by atoms with van der Waals surface area (Å²) in [6.07, 6.45) is 2.84. The lowest BCUT2D eigenvalue weighted by molar-refractivity contribution is -0.134. The third-order valence-electron chi connectivity index (χ3n) is 4.26. The van der Waals surface area contributed by atoms with E-state index in [1.807, 2.05) is 29.2 Å². The fourth-order valence-corrected chi connectivity index (χ4v) is 3.30. The summed E-state index contributed by atoms with van der Waals surface area (Å²) in [4.78, 5) is 14.3. The van der Waals surface area contributed by atoms with Crippen molar-refractivity contribution >= 4 is 17.5 Å². The summed E-state index contributed by atoms with van der Waals surface area (Å²) in [5.41, 5.74) is 1.16. The molecule has 4 heteroatoms. The van der Waals surface area contributed by atoms with Gasteiger partial charge in [0.25, 0.3) is 0 Å². The van der Waals surface area contributed by atoms with Gasteiger partial charge >= 0.3 is 0 Å². The zero-order valence-corrected chi connectivity index (χ0v) is 11.5. The molecular weight excluding hydrogens is 262 g/mol. The molecule has 1 aromatic rings. The highest BCUT2D eigenvalue weighted by Gasteiger charge is 2.47. The summed E-state index contributed by atoms with van der Waals surface area (Å²) in [6.45, 7) is 0.878. The third kappa shape index (κ3) is 2.49. The molecule has 1 N–H and O–H groups in total. The Hall–Kier alpha value is -1.06. The molecule has 1 saturated heterocycles. The second-order valence-electron chi connectivity index (χ2n) is 5.51. The highest BCUT2D eigenvalue weighted by Crippen LogP contribution is 2.49. The summed E-state index contributed by atoms with van der Waals surface area (Å²) in [6, 6.07) is 7.81. The van der Waals surface area contributed by atoms with Crippen LogP contribution in [-0.2, 0) is 4.79 Å². The normalized spacial score (nSPS) is 29.6. The van der Waals surface area contributed by atoms with Crippen molar-refractivity contribution in [2.45, 2.75) is 31.2 Å². The van der Waals surface area contributed by atoms with Crippen LogP contribution in [0, 0.1) is 5.92 Å². The van der Waals surface area contributed by atoms with Crippen LogP contribution in [0.15, 0.2) is 24.3 Å². The lowest BCUT2D eigenvalue weighted by atomic mass is 10.1. The van der Waals surface area contributed by atoms with E-state index in [4.69, 9.17) is 11.6 Å². The van der Waals surface area contributed by atoms with E-state index in [-0.39, 0.29) is 24.5 Å². The van der Waals surface area contributed by atoms with E-state index in [9.17, 15) is 9.90 Å². The summed E-state index contributed by atoms with van der Waals surface area (Å²) in [7, 11) is 0. The molecular formula is C15H18ClNO2. The van der Waals surface area contributed by atoms with Gasteiger partial charge in [0.05, 0.1) is 12.6 Å². The van der Waals surface area contributed by atoms with Crippen LogP contribution in [0.2, 0.25) is 5.02 Å². The number of likely N-dealkylation sites (tertiary alicyclic amines) is 1. The van der Waals surface area contributed by atoms with E-state index in [0.717, 1.165) is 36.4 Å². The Labute approximate surface area is 118 Å². The molecule has 0 spiro atoms. The Balaban J connectivity index is 1.68.